The second-order valence-corrected chi connectivity index (χ2v) is 6.43. The molecule has 1 saturated carbocycles. The molecular formula is C18H25NO4. The molecule has 0 spiro atoms. The van der Waals surface area contributed by atoms with E-state index in [-0.39, 0.29) is 25.0 Å². The Balaban J connectivity index is 1.86. The Morgan fingerprint density at radius 3 is 2.48 bits per heavy atom. The van der Waals surface area contributed by atoms with Gasteiger partial charge in [0.25, 0.3) is 0 Å². The molecule has 0 radical (unpaired) electrons. The zero-order chi connectivity index (χ0) is 16.7. The zero-order valence-corrected chi connectivity index (χ0v) is 13.5. The standard InChI is InChI=1S/C18H25NO4/c1-13-7-9-15(10-8-13)16(11-17(20)21)19-18(22)23-12-14-5-3-2-4-6-14/h2-6,13,15-16H,7-12H2,1H3,(H,19,22)(H,20,21)/t13?,15?,16-/m0/s1. The molecule has 23 heavy (non-hydrogen) atoms. The highest BCUT2D eigenvalue weighted by Crippen LogP contribution is 2.31. The number of carbonyl (C=O) groups excluding carboxylic acids is 1. The number of alkyl carbamates (subject to hydrolysis) is 1. The van der Waals surface area contributed by atoms with Crippen molar-refractivity contribution in [3.63, 3.8) is 0 Å². The number of carboxylic acids is 1. The van der Waals surface area contributed by atoms with Crippen molar-refractivity contribution in [2.75, 3.05) is 0 Å². The lowest BCUT2D eigenvalue weighted by atomic mass is 9.78. The maximum Gasteiger partial charge on any atom is 0.407 e. The van der Waals surface area contributed by atoms with Crippen molar-refractivity contribution in [3.05, 3.63) is 35.9 Å². The predicted molar refractivity (Wildman–Crippen MR) is 86.9 cm³/mol. The van der Waals surface area contributed by atoms with Crippen molar-refractivity contribution >= 4 is 12.1 Å². The summed E-state index contributed by atoms with van der Waals surface area (Å²) in [4.78, 5) is 23.1. The summed E-state index contributed by atoms with van der Waals surface area (Å²) in [5, 5.41) is 11.9. The molecule has 1 aliphatic carbocycles. The number of benzene rings is 1. The second-order valence-electron chi connectivity index (χ2n) is 6.43. The van der Waals surface area contributed by atoms with E-state index in [0.717, 1.165) is 31.2 Å². The molecule has 0 unspecified atom stereocenters. The lowest BCUT2D eigenvalue weighted by Gasteiger charge is -2.32. The summed E-state index contributed by atoms with van der Waals surface area (Å²) < 4.78 is 5.21. The van der Waals surface area contributed by atoms with Gasteiger partial charge in [-0.15, -0.1) is 0 Å². The van der Waals surface area contributed by atoms with E-state index in [0.29, 0.717) is 5.92 Å². The Morgan fingerprint density at radius 2 is 1.87 bits per heavy atom. The van der Waals surface area contributed by atoms with Gasteiger partial charge in [0.1, 0.15) is 6.61 Å². The average Bonchev–Trinajstić information content (AvgIpc) is 2.53. The van der Waals surface area contributed by atoms with E-state index in [1.807, 2.05) is 30.3 Å². The Hall–Kier alpha value is -2.04. The minimum absolute atomic E-state index is 0.0561. The van der Waals surface area contributed by atoms with Crippen molar-refractivity contribution in [1.82, 2.24) is 5.32 Å². The van der Waals surface area contributed by atoms with Crippen LogP contribution in [0.25, 0.3) is 0 Å². The molecule has 1 aliphatic rings. The molecule has 126 valence electrons. The number of rotatable bonds is 6. The van der Waals surface area contributed by atoms with Gasteiger partial charge in [-0.25, -0.2) is 4.79 Å². The van der Waals surface area contributed by atoms with E-state index in [2.05, 4.69) is 12.2 Å². The van der Waals surface area contributed by atoms with E-state index < -0.39 is 12.1 Å². The maximum atomic E-state index is 12.0. The van der Waals surface area contributed by atoms with Gasteiger partial charge in [0.05, 0.1) is 6.42 Å². The van der Waals surface area contributed by atoms with E-state index in [1.165, 1.54) is 0 Å². The first-order chi connectivity index (χ1) is 11.0. The topological polar surface area (TPSA) is 75.6 Å². The van der Waals surface area contributed by atoms with Gasteiger partial charge in [0.15, 0.2) is 0 Å². The van der Waals surface area contributed by atoms with Gasteiger partial charge in [0, 0.05) is 6.04 Å². The third-order valence-corrected chi connectivity index (χ3v) is 4.54. The van der Waals surface area contributed by atoms with Crippen LogP contribution in [-0.2, 0) is 16.1 Å². The van der Waals surface area contributed by atoms with Crippen LogP contribution in [0.3, 0.4) is 0 Å². The van der Waals surface area contributed by atoms with Crippen LogP contribution >= 0.6 is 0 Å². The van der Waals surface area contributed by atoms with Crippen LogP contribution in [-0.4, -0.2) is 23.2 Å². The first-order valence-electron chi connectivity index (χ1n) is 8.23. The van der Waals surface area contributed by atoms with Crippen molar-refractivity contribution < 1.29 is 19.4 Å². The van der Waals surface area contributed by atoms with Gasteiger partial charge >= 0.3 is 12.1 Å². The highest BCUT2D eigenvalue weighted by molar-refractivity contribution is 5.71. The molecule has 2 rings (SSSR count). The maximum absolute atomic E-state index is 12.0. The fourth-order valence-corrected chi connectivity index (χ4v) is 3.13. The molecule has 5 nitrogen and oxygen atoms in total. The predicted octanol–water partition coefficient (Wildman–Crippen LogP) is 3.58. The number of carbonyl (C=O) groups is 2. The highest BCUT2D eigenvalue weighted by Gasteiger charge is 2.29. The van der Waals surface area contributed by atoms with Gasteiger partial charge in [-0.3, -0.25) is 4.79 Å². The van der Waals surface area contributed by atoms with Crippen LogP contribution in [0.4, 0.5) is 4.79 Å². The molecule has 5 heteroatoms. The van der Waals surface area contributed by atoms with Crippen LogP contribution in [0.1, 0.15) is 44.6 Å². The number of hydrogen-bond acceptors (Lipinski definition) is 3. The van der Waals surface area contributed by atoms with Crippen molar-refractivity contribution in [1.29, 1.82) is 0 Å². The number of nitrogens with one attached hydrogen (secondary N) is 1. The third kappa shape index (κ3) is 5.93. The van der Waals surface area contributed by atoms with Gasteiger partial charge in [-0.2, -0.15) is 0 Å². The van der Waals surface area contributed by atoms with E-state index >= 15 is 0 Å². The lowest BCUT2D eigenvalue weighted by molar-refractivity contribution is -0.137. The van der Waals surface area contributed by atoms with E-state index in [4.69, 9.17) is 9.84 Å². The van der Waals surface area contributed by atoms with Gasteiger partial charge in [-0.1, -0.05) is 50.1 Å². The van der Waals surface area contributed by atoms with Gasteiger partial charge < -0.3 is 15.2 Å². The molecule has 0 heterocycles. The minimum Gasteiger partial charge on any atom is -0.481 e. The monoisotopic (exact) mass is 319 g/mol. The first kappa shape index (κ1) is 17.3. The number of aliphatic carboxylic acids is 1. The first-order valence-corrected chi connectivity index (χ1v) is 8.23. The summed E-state index contributed by atoms with van der Waals surface area (Å²) in [6, 6.07) is 9.06. The van der Waals surface area contributed by atoms with Gasteiger partial charge in [-0.05, 0) is 30.2 Å². The van der Waals surface area contributed by atoms with E-state index in [1.54, 1.807) is 0 Å². The Kier molecular flexibility index (Phi) is 6.44. The lowest BCUT2D eigenvalue weighted by Crippen LogP contribution is -2.43. The Morgan fingerprint density at radius 1 is 1.22 bits per heavy atom. The van der Waals surface area contributed by atoms with Crippen LogP contribution < -0.4 is 5.32 Å². The van der Waals surface area contributed by atoms with Crippen LogP contribution in [0.15, 0.2) is 30.3 Å². The molecule has 1 atom stereocenters. The molecule has 1 aromatic rings. The van der Waals surface area contributed by atoms with Crippen LogP contribution in [0.2, 0.25) is 0 Å². The molecule has 0 aliphatic heterocycles. The molecule has 0 saturated heterocycles. The summed E-state index contributed by atoms with van der Waals surface area (Å²) in [5.41, 5.74) is 0.906. The quantitative estimate of drug-likeness (QED) is 0.840. The highest BCUT2D eigenvalue weighted by atomic mass is 16.5. The van der Waals surface area contributed by atoms with E-state index in [9.17, 15) is 9.59 Å². The Bertz CT molecular complexity index is 509. The zero-order valence-electron chi connectivity index (χ0n) is 13.5. The summed E-state index contributed by atoms with van der Waals surface area (Å²) >= 11 is 0. The fraction of sp³-hybridized carbons (Fsp3) is 0.556. The minimum atomic E-state index is -0.892. The van der Waals surface area contributed by atoms with Crippen molar-refractivity contribution in [3.8, 4) is 0 Å². The number of amides is 1. The van der Waals surface area contributed by atoms with Crippen LogP contribution in [0.5, 0.6) is 0 Å². The molecule has 1 amide bonds. The summed E-state index contributed by atoms with van der Waals surface area (Å²) in [7, 11) is 0. The molecular weight excluding hydrogens is 294 g/mol. The van der Waals surface area contributed by atoms with Crippen molar-refractivity contribution in [2.24, 2.45) is 11.8 Å². The molecule has 2 N–H and O–H groups in total. The molecule has 0 bridgehead atoms. The second kappa shape index (κ2) is 8.56. The molecule has 1 aromatic carbocycles. The summed E-state index contributed by atoms with van der Waals surface area (Å²) in [6.07, 6.45) is 3.48. The Labute approximate surface area is 137 Å². The molecule has 0 aromatic heterocycles. The van der Waals surface area contributed by atoms with Crippen molar-refractivity contribution in [2.45, 2.75) is 51.7 Å². The number of carboxylic acid groups (broad SMARTS) is 1. The molecule has 1 fully saturated rings. The summed E-state index contributed by atoms with van der Waals surface area (Å²) in [5.74, 6) is 0.00492. The number of ether oxygens (including phenoxy) is 1. The number of hydrogen-bond donors (Lipinski definition) is 2. The smallest absolute Gasteiger partial charge is 0.407 e. The van der Waals surface area contributed by atoms with Crippen LogP contribution in [0, 0.1) is 11.8 Å². The SMILES string of the molecule is CC1CCC([C@H](CC(=O)O)NC(=O)OCc2ccccc2)CC1. The largest absolute Gasteiger partial charge is 0.481 e. The normalized spacial score (nSPS) is 22.1. The fourth-order valence-electron chi connectivity index (χ4n) is 3.13. The third-order valence-electron chi connectivity index (χ3n) is 4.54. The average molecular weight is 319 g/mol. The van der Waals surface area contributed by atoms with Gasteiger partial charge in [0.2, 0.25) is 0 Å². The summed E-state index contributed by atoms with van der Waals surface area (Å²) in [6.45, 7) is 2.40.